The number of allylic oxidation sites excluding steroid dienone is 5. The summed E-state index contributed by atoms with van der Waals surface area (Å²) in [6.45, 7) is 4.09. The molecule has 0 aromatic heterocycles. The van der Waals surface area contributed by atoms with E-state index in [0.29, 0.717) is 59.9 Å². The Labute approximate surface area is 217 Å². The molecular weight excluding hydrogens is 464 g/mol. The van der Waals surface area contributed by atoms with Gasteiger partial charge in [-0.1, -0.05) is 56.3 Å². The van der Waals surface area contributed by atoms with Gasteiger partial charge in [0.2, 0.25) is 5.88 Å². The number of benzene rings is 2. The number of hydrogen-bond donors (Lipinski definition) is 1. The minimum atomic E-state index is -0.560. The molecular formula is C31H30N2O4. The van der Waals surface area contributed by atoms with Crippen molar-refractivity contribution in [3.63, 3.8) is 0 Å². The summed E-state index contributed by atoms with van der Waals surface area (Å²) < 4.78 is 11.6. The minimum absolute atomic E-state index is 0.00457. The number of nitriles is 1. The fourth-order valence-electron chi connectivity index (χ4n) is 5.57. The highest BCUT2D eigenvalue weighted by Gasteiger charge is 2.43. The van der Waals surface area contributed by atoms with E-state index in [0.717, 1.165) is 11.1 Å². The molecule has 0 radical (unpaired) electrons. The lowest BCUT2D eigenvalue weighted by Crippen LogP contribution is -2.35. The summed E-state index contributed by atoms with van der Waals surface area (Å²) in [6.07, 6.45) is 3.63. The van der Waals surface area contributed by atoms with Crippen LogP contribution in [0.25, 0.3) is 0 Å². The Bertz CT molecular complexity index is 1370. The van der Waals surface area contributed by atoms with Crippen molar-refractivity contribution in [3.8, 4) is 11.8 Å². The molecule has 1 aliphatic heterocycles. The molecule has 0 bridgehead atoms. The molecule has 6 heteroatoms. The van der Waals surface area contributed by atoms with E-state index in [1.807, 2.05) is 68.4 Å². The summed E-state index contributed by atoms with van der Waals surface area (Å²) in [5.41, 5.74) is 3.23. The Hall–Kier alpha value is -4.11. The molecule has 2 unspecified atom stereocenters. The molecule has 3 aliphatic rings. The maximum absolute atomic E-state index is 13.4. The summed E-state index contributed by atoms with van der Waals surface area (Å²) in [7, 11) is 1.60. The average molecular weight is 495 g/mol. The molecule has 6 nitrogen and oxygen atoms in total. The van der Waals surface area contributed by atoms with E-state index in [1.165, 1.54) is 0 Å². The van der Waals surface area contributed by atoms with Crippen molar-refractivity contribution in [1.82, 2.24) is 5.32 Å². The lowest BCUT2D eigenvalue weighted by atomic mass is 9.70. The van der Waals surface area contributed by atoms with Gasteiger partial charge < -0.3 is 14.8 Å². The van der Waals surface area contributed by atoms with Gasteiger partial charge in [-0.25, -0.2) is 0 Å². The van der Waals surface area contributed by atoms with Crippen molar-refractivity contribution in [2.24, 2.45) is 5.41 Å². The Morgan fingerprint density at radius 1 is 1.00 bits per heavy atom. The largest absolute Gasteiger partial charge is 0.497 e. The monoisotopic (exact) mass is 494 g/mol. The quantitative estimate of drug-likeness (QED) is 0.565. The van der Waals surface area contributed by atoms with Gasteiger partial charge in [-0.15, -0.1) is 0 Å². The SMILES string of the molecule is COc1ccc(C2C(C#N)=C(NC3=CC(=O)CC(c4ccccc4)C3)OC3=C2C(=O)CC(C)(C)C3)cc1. The third-order valence-electron chi connectivity index (χ3n) is 7.29. The number of Topliss-reactive ketones (excluding diaryl/α,β-unsaturated/α-hetero) is 1. The molecule has 2 aliphatic carbocycles. The number of rotatable bonds is 5. The van der Waals surface area contributed by atoms with Gasteiger partial charge in [0.05, 0.1) is 13.0 Å². The van der Waals surface area contributed by atoms with E-state index in [4.69, 9.17) is 9.47 Å². The second kappa shape index (κ2) is 9.74. The van der Waals surface area contributed by atoms with Crippen molar-refractivity contribution in [3.05, 3.63) is 100 Å². The minimum Gasteiger partial charge on any atom is -0.497 e. The van der Waals surface area contributed by atoms with Gasteiger partial charge in [-0.2, -0.15) is 5.26 Å². The van der Waals surface area contributed by atoms with Crippen LogP contribution in [0.2, 0.25) is 0 Å². The fraction of sp³-hybridized carbons (Fsp3) is 0.323. The normalized spacial score (nSPS) is 23.0. The first-order chi connectivity index (χ1) is 17.8. The van der Waals surface area contributed by atoms with Crippen molar-refractivity contribution in [2.45, 2.75) is 51.4 Å². The Morgan fingerprint density at radius 2 is 1.73 bits per heavy atom. The van der Waals surface area contributed by atoms with Gasteiger partial charge in [-0.05, 0) is 41.0 Å². The smallest absolute Gasteiger partial charge is 0.211 e. The zero-order valence-electron chi connectivity index (χ0n) is 21.3. The van der Waals surface area contributed by atoms with Crippen LogP contribution in [-0.4, -0.2) is 18.7 Å². The number of nitrogens with zero attached hydrogens (tertiary/aromatic N) is 1. The van der Waals surface area contributed by atoms with Crippen LogP contribution in [-0.2, 0) is 14.3 Å². The highest BCUT2D eigenvalue weighted by molar-refractivity contribution is 6.00. The predicted molar refractivity (Wildman–Crippen MR) is 139 cm³/mol. The number of carbonyl (C=O) groups is 2. The van der Waals surface area contributed by atoms with Crippen molar-refractivity contribution < 1.29 is 19.1 Å². The number of carbonyl (C=O) groups excluding carboxylic acids is 2. The lowest BCUT2D eigenvalue weighted by Gasteiger charge is -2.38. The number of ketones is 2. The van der Waals surface area contributed by atoms with Crippen LogP contribution < -0.4 is 10.1 Å². The number of hydrogen-bond acceptors (Lipinski definition) is 6. The van der Waals surface area contributed by atoms with E-state index < -0.39 is 5.92 Å². The topological polar surface area (TPSA) is 88.4 Å². The van der Waals surface area contributed by atoms with Crippen LogP contribution in [0.5, 0.6) is 5.75 Å². The number of ether oxygens (including phenoxy) is 2. The summed E-state index contributed by atoms with van der Waals surface area (Å²) >= 11 is 0. The number of methoxy groups -OCH3 is 1. The zero-order valence-corrected chi connectivity index (χ0v) is 21.3. The molecule has 0 spiro atoms. The molecule has 2 aromatic rings. The molecule has 2 aromatic carbocycles. The molecule has 5 rings (SSSR count). The van der Waals surface area contributed by atoms with E-state index >= 15 is 0 Å². The van der Waals surface area contributed by atoms with Gasteiger partial charge in [0.1, 0.15) is 23.2 Å². The molecule has 37 heavy (non-hydrogen) atoms. The molecule has 1 N–H and O–H groups in total. The van der Waals surface area contributed by atoms with Crippen LogP contribution >= 0.6 is 0 Å². The van der Waals surface area contributed by atoms with Crippen LogP contribution in [0, 0.1) is 16.7 Å². The van der Waals surface area contributed by atoms with Gasteiger partial charge >= 0.3 is 0 Å². The van der Waals surface area contributed by atoms with Crippen LogP contribution in [0.3, 0.4) is 0 Å². The van der Waals surface area contributed by atoms with E-state index in [-0.39, 0.29) is 22.9 Å². The Morgan fingerprint density at radius 3 is 2.41 bits per heavy atom. The molecule has 2 atom stereocenters. The molecule has 0 amide bonds. The molecule has 0 fully saturated rings. The maximum Gasteiger partial charge on any atom is 0.211 e. The Balaban J connectivity index is 1.54. The van der Waals surface area contributed by atoms with Gasteiger partial charge in [0, 0.05) is 36.6 Å². The van der Waals surface area contributed by atoms with Crippen molar-refractivity contribution in [1.29, 1.82) is 5.26 Å². The van der Waals surface area contributed by atoms with Crippen LogP contribution in [0.1, 0.15) is 62.5 Å². The maximum atomic E-state index is 13.4. The fourth-order valence-corrected chi connectivity index (χ4v) is 5.57. The van der Waals surface area contributed by atoms with Gasteiger partial charge in [0.15, 0.2) is 11.6 Å². The van der Waals surface area contributed by atoms with E-state index in [2.05, 4.69) is 11.4 Å². The molecule has 0 saturated carbocycles. The highest BCUT2D eigenvalue weighted by Crippen LogP contribution is 2.48. The highest BCUT2D eigenvalue weighted by atomic mass is 16.5. The number of nitrogens with one attached hydrogen (secondary N) is 1. The first-order valence-electron chi connectivity index (χ1n) is 12.6. The first kappa shape index (κ1) is 24.6. The molecule has 188 valence electrons. The van der Waals surface area contributed by atoms with E-state index in [1.54, 1.807) is 13.2 Å². The lowest BCUT2D eigenvalue weighted by molar-refractivity contribution is -0.119. The molecule has 1 heterocycles. The first-order valence-corrected chi connectivity index (χ1v) is 12.6. The summed E-state index contributed by atoms with van der Waals surface area (Å²) in [5, 5.41) is 13.6. The second-order valence-corrected chi connectivity index (χ2v) is 10.7. The zero-order chi connectivity index (χ0) is 26.2. The predicted octanol–water partition coefficient (Wildman–Crippen LogP) is 5.81. The van der Waals surface area contributed by atoms with E-state index in [9.17, 15) is 14.9 Å². The van der Waals surface area contributed by atoms with Crippen molar-refractivity contribution >= 4 is 11.6 Å². The standard InChI is InChI=1S/C31H30N2O4/c1-31(2)16-26(35)29-27(17-31)37-30(25(18-32)28(29)20-9-11-24(36-3)12-10-20)33-22-13-21(14-23(34)15-22)19-7-5-4-6-8-19/h4-12,15,21,28,33H,13-14,16-17H2,1-3H3. The Kier molecular flexibility index (Phi) is 6.47. The van der Waals surface area contributed by atoms with Crippen molar-refractivity contribution in [2.75, 3.05) is 7.11 Å². The average Bonchev–Trinajstić information content (AvgIpc) is 2.87. The van der Waals surface area contributed by atoms with Crippen LogP contribution in [0.4, 0.5) is 0 Å². The summed E-state index contributed by atoms with van der Waals surface area (Å²) in [6, 6.07) is 19.7. The second-order valence-electron chi connectivity index (χ2n) is 10.7. The summed E-state index contributed by atoms with van der Waals surface area (Å²) in [5.74, 6) is 1.08. The summed E-state index contributed by atoms with van der Waals surface area (Å²) in [4.78, 5) is 26.0. The molecule has 0 saturated heterocycles. The third-order valence-corrected chi connectivity index (χ3v) is 7.29. The van der Waals surface area contributed by atoms with Crippen LogP contribution in [0.15, 0.2) is 89.2 Å². The van der Waals surface area contributed by atoms with Gasteiger partial charge in [0.25, 0.3) is 0 Å². The third kappa shape index (κ3) is 4.95. The van der Waals surface area contributed by atoms with Gasteiger partial charge in [-0.3, -0.25) is 9.59 Å².